The molecular weight excluding hydrogens is 269 g/mol. The van der Waals surface area contributed by atoms with Crippen molar-refractivity contribution in [1.82, 2.24) is 5.32 Å². The van der Waals surface area contributed by atoms with Gasteiger partial charge in [-0.1, -0.05) is 39.5 Å². The molecule has 1 fully saturated rings. The summed E-state index contributed by atoms with van der Waals surface area (Å²) in [6.07, 6.45) is 0. The monoisotopic (exact) mass is 289 g/mol. The number of halogens is 1. The summed E-state index contributed by atoms with van der Waals surface area (Å²) in [6, 6.07) is 3.94. The Morgan fingerprint density at radius 1 is 1.33 bits per heavy atom. The van der Waals surface area contributed by atoms with E-state index in [1.807, 2.05) is 0 Å². The van der Waals surface area contributed by atoms with Crippen LogP contribution in [0.15, 0.2) is 18.2 Å². The van der Waals surface area contributed by atoms with Gasteiger partial charge in [0.1, 0.15) is 12.4 Å². The lowest BCUT2D eigenvalue weighted by Gasteiger charge is -2.09. The number of aliphatic hydroxyl groups excluding tert-OH is 1. The van der Waals surface area contributed by atoms with E-state index in [0.29, 0.717) is 5.56 Å². The fourth-order valence-corrected chi connectivity index (χ4v) is 2.72. The Morgan fingerprint density at radius 2 is 1.95 bits per heavy atom. The van der Waals surface area contributed by atoms with E-state index in [2.05, 4.69) is 44.9 Å². The van der Waals surface area contributed by atoms with Crippen molar-refractivity contribution in [2.45, 2.75) is 33.7 Å². The van der Waals surface area contributed by atoms with Gasteiger partial charge in [0.2, 0.25) is 0 Å². The van der Waals surface area contributed by atoms with Crippen molar-refractivity contribution in [2.24, 2.45) is 10.8 Å². The maximum Gasteiger partial charge on any atom is 0.252 e. The van der Waals surface area contributed by atoms with Crippen molar-refractivity contribution in [3.63, 3.8) is 0 Å². The maximum absolute atomic E-state index is 13.3. The van der Waals surface area contributed by atoms with E-state index in [0.717, 1.165) is 0 Å². The Hall–Kier alpha value is -1.86. The molecule has 0 aliphatic heterocycles. The van der Waals surface area contributed by atoms with Gasteiger partial charge >= 0.3 is 0 Å². The van der Waals surface area contributed by atoms with E-state index in [4.69, 9.17) is 5.11 Å². The number of benzene rings is 1. The van der Waals surface area contributed by atoms with E-state index < -0.39 is 5.82 Å². The highest BCUT2D eigenvalue weighted by Crippen LogP contribution is 2.62. The van der Waals surface area contributed by atoms with E-state index in [9.17, 15) is 9.18 Å². The lowest BCUT2D eigenvalue weighted by atomic mass is 10.0. The predicted molar refractivity (Wildman–Crippen MR) is 79.2 cm³/mol. The topological polar surface area (TPSA) is 49.3 Å². The first-order valence-electron chi connectivity index (χ1n) is 6.92. The SMILES string of the molecule is CC1(C)C(NC(=O)c2ccc(F)cc2C#CCO)C1(C)C. The highest BCUT2D eigenvalue weighted by atomic mass is 19.1. The van der Waals surface area contributed by atoms with E-state index in [1.165, 1.54) is 18.2 Å². The molecule has 0 saturated heterocycles. The highest BCUT2D eigenvalue weighted by Gasteiger charge is 2.65. The Kier molecular flexibility index (Phi) is 3.81. The number of hydrogen-bond acceptors (Lipinski definition) is 2. The van der Waals surface area contributed by atoms with E-state index in [-0.39, 0.29) is 34.9 Å². The molecule has 1 amide bonds. The van der Waals surface area contributed by atoms with Crippen LogP contribution in [0.2, 0.25) is 0 Å². The molecule has 2 N–H and O–H groups in total. The Balaban J connectivity index is 2.25. The summed E-state index contributed by atoms with van der Waals surface area (Å²) in [5, 5.41) is 11.7. The largest absolute Gasteiger partial charge is 0.384 e. The molecule has 1 aromatic carbocycles. The number of hydrogen-bond donors (Lipinski definition) is 2. The molecule has 2 rings (SSSR count). The van der Waals surface area contributed by atoms with Gasteiger partial charge in [0.25, 0.3) is 5.91 Å². The molecule has 1 aromatic rings. The van der Waals surface area contributed by atoms with Crippen LogP contribution >= 0.6 is 0 Å². The molecule has 1 aliphatic rings. The Bertz CT molecular complexity index is 624. The van der Waals surface area contributed by atoms with Gasteiger partial charge in [-0.2, -0.15) is 0 Å². The van der Waals surface area contributed by atoms with Gasteiger partial charge in [0.15, 0.2) is 0 Å². The fraction of sp³-hybridized carbons (Fsp3) is 0.471. The summed E-state index contributed by atoms with van der Waals surface area (Å²) in [7, 11) is 0. The summed E-state index contributed by atoms with van der Waals surface area (Å²) in [4.78, 5) is 12.4. The average Bonchev–Trinajstić information content (AvgIpc) is 2.78. The first-order chi connectivity index (χ1) is 9.71. The van der Waals surface area contributed by atoms with Gasteiger partial charge < -0.3 is 10.4 Å². The van der Waals surface area contributed by atoms with Crippen molar-refractivity contribution in [1.29, 1.82) is 0 Å². The second-order valence-corrected chi connectivity index (χ2v) is 6.50. The standard InChI is InChI=1S/C17H20FNO2/c1-16(2)15(17(16,3)4)19-14(21)13-8-7-12(18)10-11(13)6-5-9-20/h7-8,10,15,20H,9H2,1-4H3,(H,19,21). The van der Waals surface area contributed by atoms with Crippen LogP contribution in [0, 0.1) is 28.5 Å². The second-order valence-electron chi connectivity index (χ2n) is 6.50. The third-order valence-electron chi connectivity index (χ3n) is 4.82. The summed E-state index contributed by atoms with van der Waals surface area (Å²) in [5.41, 5.74) is 0.674. The summed E-state index contributed by atoms with van der Waals surface area (Å²) in [6.45, 7) is 8.09. The van der Waals surface area contributed by atoms with Crippen LogP contribution in [0.5, 0.6) is 0 Å². The lowest BCUT2D eigenvalue weighted by Crippen LogP contribution is -2.30. The smallest absolute Gasteiger partial charge is 0.252 e. The zero-order valence-corrected chi connectivity index (χ0v) is 12.7. The zero-order valence-electron chi connectivity index (χ0n) is 12.7. The first kappa shape index (κ1) is 15.5. The van der Waals surface area contributed by atoms with Crippen LogP contribution in [0.1, 0.15) is 43.6 Å². The molecule has 21 heavy (non-hydrogen) atoms. The maximum atomic E-state index is 13.3. The normalized spacial score (nSPS) is 18.6. The lowest BCUT2D eigenvalue weighted by molar-refractivity contribution is 0.0943. The van der Waals surface area contributed by atoms with E-state index in [1.54, 1.807) is 0 Å². The van der Waals surface area contributed by atoms with Crippen LogP contribution in [-0.2, 0) is 0 Å². The van der Waals surface area contributed by atoms with Crippen molar-refractivity contribution >= 4 is 5.91 Å². The van der Waals surface area contributed by atoms with Crippen LogP contribution in [0.4, 0.5) is 4.39 Å². The summed E-state index contributed by atoms with van der Waals surface area (Å²) >= 11 is 0. The Labute approximate surface area is 124 Å². The molecule has 3 nitrogen and oxygen atoms in total. The third kappa shape index (κ3) is 2.66. The molecule has 112 valence electrons. The minimum absolute atomic E-state index is 0.0274. The van der Waals surface area contributed by atoms with Gasteiger partial charge in [0, 0.05) is 11.6 Å². The van der Waals surface area contributed by atoms with Crippen molar-refractivity contribution < 1.29 is 14.3 Å². The molecule has 0 heterocycles. The van der Waals surface area contributed by atoms with Crippen LogP contribution in [0.3, 0.4) is 0 Å². The molecule has 0 radical (unpaired) electrons. The second kappa shape index (κ2) is 5.16. The molecule has 1 saturated carbocycles. The van der Waals surface area contributed by atoms with Crippen LogP contribution in [-0.4, -0.2) is 23.7 Å². The van der Waals surface area contributed by atoms with Crippen molar-refractivity contribution in [3.8, 4) is 11.8 Å². The van der Waals surface area contributed by atoms with Gasteiger partial charge in [0.05, 0.1) is 5.56 Å². The number of amides is 1. The van der Waals surface area contributed by atoms with Crippen molar-refractivity contribution in [2.75, 3.05) is 6.61 Å². The quantitative estimate of drug-likeness (QED) is 0.821. The molecule has 4 heteroatoms. The van der Waals surface area contributed by atoms with Gasteiger partial charge in [-0.05, 0) is 29.0 Å². The van der Waals surface area contributed by atoms with Crippen LogP contribution in [0.25, 0.3) is 0 Å². The minimum atomic E-state index is -0.458. The molecular formula is C17H20FNO2. The molecule has 1 aliphatic carbocycles. The molecule has 0 aromatic heterocycles. The predicted octanol–water partition coefficient (Wildman–Crippen LogP) is 2.33. The molecule has 0 spiro atoms. The van der Waals surface area contributed by atoms with Gasteiger partial charge in [-0.25, -0.2) is 4.39 Å². The highest BCUT2D eigenvalue weighted by molar-refractivity contribution is 5.97. The Morgan fingerprint density at radius 3 is 2.48 bits per heavy atom. The first-order valence-corrected chi connectivity index (χ1v) is 6.92. The van der Waals surface area contributed by atoms with E-state index >= 15 is 0 Å². The third-order valence-corrected chi connectivity index (χ3v) is 4.82. The number of nitrogens with one attached hydrogen (secondary N) is 1. The van der Waals surface area contributed by atoms with Crippen molar-refractivity contribution in [3.05, 3.63) is 35.1 Å². The molecule has 0 atom stereocenters. The minimum Gasteiger partial charge on any atom is -0.384 e. The van der Waals surface area contributed by atoms with Gasteiger partial charge in [-0.3, -0.25) is 4.79 Å². The molecule has 0 bridgehead atoms. The molecule has 0 unspecified atom stereocenters. The van der Waals surface area contributed by atoms with Crippen LogP contribution < -0.4 is 5.32 Å². The number of carbonyl (C=O) groups excluding carboxylic acids is 1. The number of carbonyl (C=O) groups is 1. The zero-order chi connectivity index (χ0) is 15.8. The number of aliphatic hydroxyl groups is 1. The summed E-state index contributed by atoms with van der Waals surface area (Å²) < 4.78 is 13.3. The van der Waals surface area contributed by atoms with Gasteiger partial charge in [-0.15, -0.1) is 0 Å². The number of rotatable bonds is 2. The fourth-order valence-electron chi connectivity index (χ4n) is 2.72. The average molecular weight is 289 g/mol. The summed E-state index contributed by atoms with van der Waals surface area (Å²) in [5.74, 6) is 4.35.